The van der Waals surface area contributed by atoms with Crippen LogP contribution in [-0.2, 0) is 6.18 Å². The van der Waals surface area contributed by atoms with Crippen LogP contribution in [-0.4, -0.2) is 5.78 Å². The van der Waals surface area contributed by atoms with Crippen LogP contribution < -0.4 is 5.32 Å². The summed E-state index contributed by atoms with van der Waals surface area (Å²) in [5, 5.41) is 3.22. The van der Waals surface area contributed by atoms with Gasteiger partial charge in [0.1, 0.15) is 0 Å². The lowest BCUT2D eigenvalue weighted by Gasteiger charge is -2.08. The largest absolute Gasteiger partial charge is 0.416 e. The first-order chi connectivity index (χ1) is 10.8. The molecule has 0 radical (unpaired) electrons. The summed E-state index contributed by atoms with van der Waals surface area (Å²) >= 11 is 11.6. The molecule has 0 atom stereocenters. The molecule has 2 rings (SSSR count). The average Bonchev–Trinajstić information content (AvgIpc) is 2.46. The standard InChI is InChI=1S/C16H10Cl2F3NO/c17-11-4-5-13(14(18)9-11)15(23)6-7-22-12-3-1-2-10(8-12)16(19,20)21/h1-9,22H. The Bertz CT molecular complexity index is 757. The van der Waals surface area contributed by atoms with Crippen molar-refractivity contribution in [1.82, 2.24) is 0 Å². The van der Waals surface area contributed by atoms with Crippen LogP contribution in [0.3, 0.4) is 0 Å². The lowest BCUT2D eigenvalue weighted by atomic mass is 10.1. The van der Waals surface area contributed by atoms with Crippen LogP contribution in [0.4, 0.5) is 18.9 Å². The predicted molar refractivity (Wildman–Crippen MR) is 85.0 cm³/mol. The maximum absolute atomic E-state index is 12.6. The fourth-order valence-electron chi connectivity index (χ4n) is 1.78. The number of nitrogens with one attached hydrogen (secondary N) is 1. The molecule has 0 unspecified atom stereocenters. The van der Waals surface area contributed by atoms with Crippen LogP contribution in [0.2, 0.25) is 10.0 Å². The highest BCUT2D eigenvalue weighted by Crippen LogP contribution is 2.30. The summed E-state index contributed by atoms with van der Waals surface area (Å²) in [6, 6.07) is 9.08. The summed E-state index contributed by atoms with van der Waals surface area (Å²) in [6.45, 7) is 0. The van der Waals surface area contributed by atoms with E-state index >= 15 is 0 Å². The zero-order chi connectivity index (χ0) is 17.0. The monoisotopic (exact) mass is 359 g/mol. The first kappa shape index (κ1) is 17.4. The van der Waals surface area contributed by atoms with Crippen molar-refractivity contribution in [3.05, 3.63) is 75.9 Å². The smallest absolute Gasteiger partial charge is 0.362 e. The molecule has 2 aromatic carbocycles. The van der Waals surface area contributed by atoms with Crippen LogP contribution in [0.15, 0.2) is 54.7 Å². The van der Waals surface area contributed by atoms with Gasteiger partial charge in [-0.05, 0) is 36.4 Å². The second-order valence-electron chi connectivity index (χ2n) is 4.54. The number of rotatable bonds is 4. The Labute approximate surface area is 140 Å². The summed E-state index contributed by atoms with van der Waals surface area (Å²) in [6.07, 6.45) is -1.99. The lowest BCUT2D eigenvalue weighted by Crippen LogP contribution is -2.05. The molecule has 23 heavy (non-hydrogen) atoms. The summed E-state index contributed by atoms with van der Waals surface area (Å²) in [5.74, 6) is -0.397. The van der Waals surface area contributed by atoms with E-state index in [-0.39, 0.29) is 16.3 Å². The topological polar surface area (TPSA) is 29.1 Å². The molecule has 0 aliphatic rings. The molecule has 7 heteroatoms. The quantitative estimate of drug-likeness (QED) is 0.550. The van der Waals surface area contributed by atoms with Crippen molar-refractivity contribution >= 4 is 34.7 Å². The van der Waals surface area contributed by atoms with Crippen LogP contribution in [0.1, 0.15) is 15.9 Å². The van der Waals surface area contributed by atoms with Gasteiger partial charge in [0.2, 0.25) is 0 Å². The molecule has 2 aromatic rings. The van der Waals surface area contributed by atoms with Gasteiger partial charge in [0.25, 0.3) is 0 Å². The number of halogens is 5. The van der Waals surface area contributed by atoms with Gasteiger partial charge < -0.3 is 5.32 Å². The van der Waals surface area contributed by atoms with Crippen molar-refractivity contribution in [1.29, 1.82) is 0 Å². The molecule has 0 bridgehead atoms. The van der Waals surface area contributed by atoms with Crippen LogP contribution in [0, 0.1) is 0 Å². The molecular weight excluding hydrogens is 350 g/mol. The maximum Gasteiger partial charge on any atom is 0.416 e. The van der Waals surface area contributed by atoms with Crippen LogP contribution >= 0.6 is 23.2 Å². The Morgan fingerprint density at radius 1 is 1.09 bits per heavy atom. The van der Waals surface area contributed by atoms with E-state index in [9.17, 15) is 18.0 Å². The normalized spacial score (nSPS) is 11.7. The summed E-state index contributed by atoms with van der Waals surface area (Å²) < 4.78 is 37.8. The molecule has 0 amide bonds. The highest BCUT2D eigenvalue weighted by Gasteiger charge is 2.30. The maximum atomic E-state index is 12.6. The Kier molecular flexibility index (Phi) is 5.34. The minimum atomic E-state index is -4.42. The fraction of sp³-hybridized carbons (Fsp3) is 0.0625. The summed E-state index contributed by atoms with van der Waals surface area (Å²) in [7, 11) is 0. The van der Waals surface area contributed by atoms with Crippen molar-refractivity contribution in [3.8, 4) is 0 Å². The first-order valence-electron chi connectivity index (χ1n) is 6.37. The van der Waals surface area contributed by atoms with Crippen molar-refractivity contribution in [2.45, 2.75) is 6.18 Å². The second kappa shape index (κ2) is 7.06. The van der Waals surface area contributed by atoms with Crippen molar-refractivity contribution < 1.29 is 18.0 Å². The fourth-order valence-corrected chi connectivity index (χ4v) is 2.28. The number of alkyl halides is 3. The van der Waals surface area contributed by atoms with Gasteiger partial charge in [0.15, 0.2) is 5.78 Å². The zero-order valence-corrected chi connectivity index (χ0v) is 13.0. The molecule has 0 saturated heterocycles. The number of hydrogen-bond donors (Lipinski definition) is 1. The van der Waals surface area contributed by atoms with E-state index in [0.717, 1.165) is 12.1 Å². The Morgan fingerprint density at radius 3 is 2.48 bits per heavy atom. The molecule has 0 spiro atoms. The highest BCUT2D eigenvalue weighted by atomic mass is 35.5. The lowest BCUT2D eigenvalue weighted by molar-refractivity contribution is -0.137. The highest BCUT2D eigenvalue weighted by molar-refractivity contribution is 6.37. The van der Waals surface area contributed by atoms with Gasteiger partial charge in [-0.25, -0.2) is 0 Å². The number of anilines is 1. The molecule has 0 aliphatic carbocycles. The van der Waals surface area contributed by atoms with E-state index < -0.39 is 17.5 Å². The van der Waals surface area contributed by atoms with E-state index in [1.54, 1.807) is 0 Å². The van der Waals surface area contributed by atoms with Gasteiger partial charge >= 0.3 is 6.18 Å². The van der Waals surface area contributed by atoms with E-state index in [2.05, 4.69) is 5.32 Å². The first-order valence-corrected chi connectivity index (χ1v) is 7.13. The third-order valence-corrected chi connectivity index (χ3v) is 3.42. The van der Waals surface area contributed by atoms with E-state index in [0.29, 0.717) is 5.02 Å². The molecule has 0 fully saturated rings. The Hall–Kier alpha value is -1.98. The van der Waals surface area contributed by atoms with Gasteiger partial charge in [-0.1, -0.05) is 29.3 Å². The van der Waals surface area contributed by atoms with Crippen LogP contribution in [0.5, 0.6) is 0 Å². The SMILES string of the molecule is O=C(C=CNc1cccc(C(F)(F)F)c1)c1ccc(Cl)cc1Cl. The molecule has 0 aromatic heterocycles. The third kappa shape index (κ3) is 4.74. The molecule has 0 heterocycles. The Balaban J connectivity index is 2.08. The van der Waals surface area contributed by atoms with Gasteiger partial charge in [0, 0.05) is 28.5 Å². The second-order valence-corrected chi connectivity index (χ2v) is 5.39. The number of carbonyl (C=O) groups is 1. The van der Waals surface area contributed by atoms with E-state index in [1.807, 2.05) is 0 Å². The molecule has 120 valence electrons. The third-order valence-electron chi connectivity index (χ3n) is 2.87. The van der Waals surface area contributed by atoms with Gasteiger partial charge in [-0.15, -0.1) is 0 Å². The molecule has 1 N–H and O–H groups in total. The van der Waals surface area contributed by atoms with E-state index in [4.69, 9.17) is 23.2 Å². The number of benzene rings is 2. The van der Waals surface area contributed by atoms with Crippen molar-refractivity contribution in [3.63, 3.8) is 0 Å². The number of ketones is 1. The number of carbonyl (C=O) groups excluding carboxylic acids is 1. The molecule has 2 nitrogen and oxygen atoms in total. The van der Waals surface area contributed by atoms with Crippen LogP contribution in [0.25, 0.3) is 0 Å². The van der Waals surface area contributed by atoms with Crippen molar-refractivity contribution in [2.24, 2.45) is 0 Å². The van der Waals surface area contributed by atoms with Gasteiger partial charge in [-0.3, -0.25) is 4.79 Å². The van der Waals surface area contributed by atoms with Gasteiger partial charge in [-0.2, -0.15) is 13.2 Å². The minimum Gasteiger partial charge on any atom is -0.362 e. The summed E-state index contributed by atoms with van der Waals surface area (Å²) in [5.41, 5.74) is -0.313. The average molecular weight is 360 g/mol. The molecular formula is C16H10Cl2F3NO. The predicted octanol–water partition coefficient (Wildman–Crippen LogP) is 5.82. The Morgan fingerprint density at radius 2 is 1.83 bits per heavy atom. The van der Waals surface area contributed by atoms with Gasteiger partial charge in [0.05, 0.1) is 10.6 Å². The number of allylic oxidation sites excluding steroid dienone is 1. The molecule has 0 aliphatic heterocycles. The van der Waals surface area contributed by atoms with Crippen molar-refractivity contribution in [2.75, 3.05) is 5.32 Å². The zero-order valence-electron chi connectivity index (χ0n) is 11.5. The van der Waals surface area contributed by atoms with E-state index in [1.165, 1.54) is 42.6 Å². The number of hydrogen-bond acceptors (Lipinski definition) is 2. The summed E-state index contributed by atoms with van der Waals surface area (Å²) in [4.78, 5) is 12.0. The minimum absolute atomic E-state index is 0.200. The molecule has 0 saturated carbocycles.